The highest BCUT2D eigenvalue weighted by Crippen LogP contribution is 2.34. The number of benzene rings is 2. The van der Waals surface area contributed by atoms with Crippen LogP contribution in [-0.4, -0.2) is 37.7 Å². The molecule has 0 bridgehead atoms. The van der Waals surface area contributed by atoms with Crippen LogP contribution in [0.2, 0.25) is 0 Å². The monoisotopic (exact) mass is 415 g/mol. The lowest BCUT2D eigenvalue weighted by atomic mass is 10.0. The summed E-state index contributed by atoms with van der Waals surface area (Å²) in [5.41, 5.74) is -0.456. The Balaban J connectivity index is 1.91. The summed E-state index contributed by atoms with van der Waals surface area (Å²) in [6.07, 6.45) is -1.07. The molecule has 1 heterocycles. The summed E-state index contributed by atoms with van der Waals surface area (Å²) in [6, 6.07) is 9.66. The lowest BCUT2D eigenvalue weighted by Gasteiger charge is -2.23. The molecule has 1 aliphatic rings. The Hall–Kier alpha value is -3.00. The van der Waals surface area contributed by atoms with Gasteiger partial charge in [0.1, 0.15) is 0 Å². The van der Waals surface area contributed by atoms with Crippen LogP contribution in [0.1, 0.15) is 54.0 Å². The van der Waals surface area contributed by atoms with Gasteiger partial charge in [0.05, 0.1) is 15.4 Å². The highest BCUT2D eigenvalue weighted by Gasteiger charge is 2.35. The van der Waals surface area contributed by atoms with E-state index in [1.54, 1.807) is 26.8 Å². The van der Waals surface area contributed by atoms with Gasteiger partial charge in [0.25, 0.3) is 5.91 Å². The lowest BCUT2D eigenvalue weighted by Crippen LogP contribution is -2.46. The van der Waals surface area contributed by atoms with Crippen LogP contribution in [0.3, 0.4) is 0 Å². The smallest absolute Gasteiger partial charge is 0.338 e. The molecule has 1 aliphatic heterocycles. The fourth-order valence-corrected chi connectivity index (χ4v) is 4.64. The zero-order chi connectivity index (χ0) is 21.6. The van der Waals surface area contributed by atoms with Crippen LogP contribution in [0, 0.1) is 0 Å². The minimum Gasteiger partial charge on any atom is -0.449 e. The summed E-state index contributed by atoms with van der Waals surface area (Å²) in [5, 5.41) is 2.70. The molecular formula is C21H21NO6S. The number of carbonyl (C=O) groups is 3. The molecule has 29 heavy (non-hydrogen) atoms. The van der Waals surface area contributed by atoms with Crippen molar-refractivity contribution in [3.63, 3.8) is 0 Å². The van der Waals surface area contributed by atoms with Crippen molar-refractivity contribution in [3.05, 3.63) is 59.2 Å². The van der Waals surface area contributed by atoms with Gasteiger partial charge in [0, 0.05) is 16.7 Å². The molecule has 1 atom stereocenters. The van der Waals surface area contributed by atoms with E-state index in [9.17, 15) is 22.8 Å². The fourth-order valence-electron chi connectivity index (χ4n) is 2.96. The first-order valence-corrected chi connectivity index (χ1v) is 10.5. The van der Waals surface area contributed by atoms with Gasteiger partial charge < -0.3 is 10.1 Å². The predicted molar refractivity (Wildman–Crippen MR) is 105 cm³/mol. The minimum atomic E-state index is -3.97. The van der Waals surface area contributed by atoms with E-state index in [0.29, 0.717) is 0 Å². The van der Waals surface area contributed by atoms with Crippen molar-refractivity contribution in [2.45, 2.75) is 49.1 Å². The van der Waals surface area contributed by atoms with Gasteiger partial charge in [-0.3, -0.25) is 9.59 Å². The third-order valence-electron chi connectivity index (χ3n) is 4.32. The average Bonchev–Trinajstić information content (AvgIpc) is 2.64. The van der Waals surface area contributed by atoms with E-state index in [0.717, 1.165) is 6.07 Å². The Morgan fingerprint density at radius 1 is 1.00 bits per heavy atom. The largest absolute Gasteiger partial charge is 0.449 e. The van der Waals surface area contributed by atoms with Gasteiger partial charge in [-0.1, -0.05) is 12.1 Å². The molecule has 2 aromatic carbocycles. The van der Waals surface area contributed by atoms with E-state index >= 15 is 0 Å². The minimum absolute atomic E-state index is 0.00114. The Labute approximate surface area is 169 Å². The molecular weight excluding hydrogens is 394 g/mol. The number of hydrogen-bond acceptors (Lipinski definition) is 6. The van der Waals surface area contributed by atoms with Crippen LogP contribution < -0.4 is 5.32 Å². The van der Waals surface area contributed by atoms with Gasteiger partial charge in [-0.15, -0.1) is 0 Å². The van der Waals surface area contributed by atoms with E-state index in [1.165, 1.54) is 37.3 Å². The first-order valence-electron chi connectivity index (χ1n) is 8.98. The number of ether oxygens (including phenoxy) is 1. The maximum absolute atomic E-state index is 12.9. The molecule has 0 unspecified atom stereocenters. The van der Waals surface area contributed by atoms with Gasteiger partial charge in [-0.25, -0.2) is 13.2 Å². The van der Waals surface area contributed by atoms with Gasteiger partial charge in [0.15, 0.2) is 11.9 Å². The number of nitrogens with one attached hydrogen (secondary N) is 1. The molecule has 2 aromatic rings. The van der Waals surface area contributed by atoms with Crippen LogP contribution >= 0.6 is 0 Å². The first-order chi connectivity index (χ1) is 13.4. The van der Waals surface area contributed by atoms with Gasteiger partial charge in [-0.2, -0.15) is 0 Å². The number of hydrogen-bond donors (Lipinski definition) is 1. The SMILES string of the molecule is C[C@H](OC(=O)c1ccc2c(c1)S(=O)(=O)c1ccccc1C2=O)C(=O)NC(C)(C)C. The second-order valence-electron chi connectivity index (χ2n) is 7.83. The fraction of sp³-hybridized carbons (Fsp3) is 0.286. The molecule has 1 N–H and O–H groups in total. The van der Waals surface area contributed by atoms with Crippen molar-refractivity contribution in [1.29, 1.82) is 0 Å². The van der Waals surface area contributed by atoms with E-state index in [1.807, 2.05) is 0 Å². The standard InChI is InChI=1S/C21H21NO6S/c1-12(19(24)22-21(2,3)4)28-20(25)13-9-10-15-17(11-13)29(26,27)16-8-6-5-7-14(16)18(15)23/h5-12H,1-4H3,(H,22,24)/t12-/m0/s1. The molecule has 0 radical (unpaired) electrons. The lowest BCUT2D eigenvalue weighted by molar-refractivity contribution is -0.130. The van der Waals surface area contributed by atoms with E-state index in [4.69, 9.17) is 4.74 Å². The zero-order valence-corrected chi connectivity index (χ0v) is 17.3. The number of amides is 1. The summed E-state index contributed by atoms with van der Waals surface area (Å²) >= 11 is 0. The highest BCUT2D eigenvalue weighted by atomic mass is 32.2. The summed E-state index contributed by atoms with van der Waals surface area (Å²) in [5.74, 6) is -1.75. The molecule has 1 amide bonds. The number of esters is 1. The van der Waals surface area contributed by atoms with Crippen LogP contribution in [0.15, 0.2) is 52.3 Å². The van der Waals surface area contributed by atoms with E-state index in [2.05, 4.69) is 5.32 Å². The van der Waals surface area contributed by atoms with Crippen molar-refractivity contribution in [2.24, 2.45) is 0 Å². The molecule has 8 heteroatoms. The molecule has 0 saturated carbocycles. The molecule has 152 valence electrons. The molecule has 7 nitrogen and oxygen atoms in total. The summed E-state index contributed by atoms with van der Waals surface area (Å²) in [4.78, 5) is 36.9. The van der Waals surface area contributed by atoms with Gasteiger partial charge in [-0.05, 0) is 58.0 Å². The van der Waals surface area contributed by atoms with Crippen LogP contribution in [0.25, 0.3) is 0 Å². The summed E-state index contributed by atoms with van der Waals surface area (Å²) < 4.78 is 31.0. The molecule has 0 saturated heterocycles. The first kappa shape index (κ1) is 20.7. The molecule has 0 aliphatic carbocycles. The second-order valence-corrected chi connectivity index (χ2v) is 9.71. The van der Waals surface area contributed by atoms with E-state index < -0.39 is 39.1 Å². The quantitative estimate of drug-likeness (QED) is 0.659. The van der Waals surface area contributed by atoms with Gasteiger partial charge in [0.2, 0.25) is 9.84 Å². The van der Waals surface area contributed by atoms with Gasteiger partial charge >= 0.3 is 5.97 Å². The van der Waals surface area contributed by atoms with Crippen molar-refractivity contribution in [3.8, 4) is 0 Å². The number of ketones is 1. The number of fused-ring (bicyclic) bond motifs is 2. The maximum atomic E-state index is 12.9. The Morgan fingerprint density at radius 3 is 2.28 bits per heavy atom. The third-order valence-corrected chi connectivity index (χ3v) is 6.18. The van der Waals surface area contributed by atoms with Crippen molar-refractivity contribution in [2.75, 3.05) is 0 Å². The van der Waals surface area contributed by atoms with Crippen LogP contribution in [0.4, 0.5) is 0 Å². The molecule has 3 rings (SSSR count). The number of rotatable bonds is 3. The second kappa shape index (κ2) is 7.11. The van der Waals surface area contributed by atoms with Crippen molar-refractivity contribution in [1.82, 2.24) is 5.32 Å². The maximum Gasteiger partial charge on any atom is 0.338 e. The average molecular weight is 415 g/mol. The molecule has 0 aromatic heterocycles. The summed E-state index contributed by atoms with van der Waals surface area (Å²) in [7, 11) is -3.97. The van der Waals surface area contributed by atoms with Crippen molar-refractivity contribution < 1.29 is 27.5 Å². The topological polar surface area (TPSA) is 107 Å². The van der Waals surface area contributed by atoms with Crippen LogP contribution in [0.5, 0.6) is 0 Å². The number of carbonyl (C=O) groups excluding carboxylic acids is 3. The predicted octanol–water partition coefficient (Wildman–Crippen LogP) is 2.52. The number of sulfone groups is 1. The van der Waals surface area contributed by atoms with E-state index in [-0.39, 0.29) is 26.5 Å². The Bertz CT molecular complexity index is 1130. The molecule has 0 fully saturated rings. The Morgan fingerprint density at radius 2 is 1.62 bits per heavy atom. The van der Waals surface area contributed by atoms with Crippen molar-refractivity contribution >= 4 is 27.5 Å². The summed E-state index contributed by atoms with van der Waals surface area (Å²) in [6.45, 7) is 6.81. The third kappa shape index (κ3) is 3.93. The normalized spacial score (nSPS) is 15.7. The zero-order valence-electron chi connectivity index (χ0n) is 16.5. The Kier molecular flexibility index (Phi) is 5.08. The highest BCUT2D eigenvalue weighted by molar-refractivity contribution is 7.91. The van der Waals surface area contributed by atoms with Crippen LogP contribution in [-0.2, 0) is 19.4 Å². The molecule has 0 spiro atoms.